The van der Waals surface area contributed by atoms with E-state index in [9.17, 15) is 9.36 Å². The van der Waals surface area contributed by atoms with Crippen LogP contribution in [0.4, 0.5) is 11.8 Å². The molecular weight excluding hydrogens is 537 g/mol. The maximum absolute atomic E-state index is 13.9. The third-order valence-corrected chi connectivity index (χ3v) is 7.94. The molecule has 1 aromatic carbocycles. The first-order valence-corrected chi connectivity index (χ1v) is 14.6. The zero-order valence-electron chi connectivity index (χ0n) is 23.9. The van der Waals surface area contributed by atoms with Crippen LogP contribution in [-0.2, 0) is 23.4 Å². The summed E-state index contributed by atoms with van der Waals surface area (Å²) in [5.41, 5.74) is 6.78. The molecule has 0 spiro atoms. The predicted octanol–water partition coefficient (Wildman–Crippen LogP) is 3.92. The quantitative estimate of drug-likeness (QED) is 0.251. The van der Waals surface area contributed by atoms with Crippen molar-refractivity contribution in [2.75, 3.05) is 31.3 Å². The number of esters is 1. The van der Waals surface area contributed by atoms with Crippen LogP contribution in [0.15, 0.2) is 36.7 Å². The van der Waals surface area contributed by atoms with Gasteiger partial charge in [-0.1, -0.05) is 32.0 Å². The number of hydrogen-bond acceptors (Lipinski definition) is 11. The number of hydrogen-bond donors (Lipinski definition) is 2. The summed E-state index contributed by atoms with van der Waals surface area (Å²) in [6.45, 7) is 9.08. The van der Waals surface area contributed by atoms with E-state index in [1.807, 2.05) is 29.6 Å². The molecule has 0 radical (unpaired) electrons. The number of aromatic nitrogens is 4. The first-order chi connectivity index (χ1) is 18.8. The number of imidazole rings is 1. The summed E-state index contributed by atoms with van der Waals surface area (Å²) >= 11 is 0. The molecular formula is C26H38N7O6P. The summed E-state index contributed by atoms with van der Waals surface area (Å²) in [6, 6.07) is 7.66. The summed E-state index contributed by atoms with van der Waals surface area (Å²) in [7, 11) is -0.309. The molecule has 0 amide bonds. The Morgan fingerprint density at radius 3 is 2.60 bits per heavy atom. The molecule has 14 heteroatoms. The monoisotopic (exact) mass is 575 g/mol. The Morgan fingerprint density at radius 2 is 1.95 bits per heavy atom. The first kappa shape index (κ1) is 29.7. The van der Waals surface area contributed by atoms with E-state index < -0.39 is 32.1 Å². The van der Waals surface area contributed by atoms with Crippen molar-refractivity contribution in [2.24, 2.45) is 5.41 Å². The van der Waals surface area contributed by atoms with Crippen LogP contribution < -0.4 is 20.2 Å². The Balaban J connectivity index is 1.53. The number of carbonyl (C=O) groups excluding carboxylic acids is 1. The van der Waals surface area contributed by atoms with E-state index >= 15 is 0 Å². The first-order valence-electron chi connectivity index (χ1n) is 13.1. The van der Waals surface area contributed by atoms with Gasteiger partial charge in [0.1, 0.15) is 18.0 Å². The molecule has 3 aromatic rings. The number of anilines is 2. The maximum atomic E-state index is 13.9. The number of para-hydroxylation sites is 1. The van der Waals surface area contributed by atoms with E-state index in [1.165, 1.54) is 0 Å². The van der Waals surface area contributed by atoms with E-state index in [0.29, 0.717) is 29.2 Å². The zero-order chi connectivity index (χ0) is 29.2. The van der Waals surface area contributed by atoms with Crippen LogP contribution in [-0.4, -0.2) is 64.4 Å². The van der Waals surface area contributed by atoms with Crippen LogP contribution in [0.3, 0.4) is 0 Å². The average Bonchev–Trinajstić information content (AvgIpc) is 3.41. The lowest BCUT2D eigenvalue weighted by Crippen LogP contribution is -2.36. The van der Waals surface area contributed by atoms with E-state index in [4.69, 9.17) is 24.3 Å². The van der Waals surface area contributed by atoms with Gasteiger partial charge in [0.2, 0.25) is 5.95 Å². The minimum absolute atomic E-state index is 0.0598. The van der Waals surface area contributed by atoms with Crippen molar-refractivity contribution < 1.29 is 27.9 Å². The van der Waals surface area contributed by atoms with E-state index in [-0.39, 0.29) is 24.1 Å². The Morgan fingerprint density at radius 1 is 1.25 bits per heavy atom. The molecule has 0 saturated carbocycles. The molecule has 1 aliphatic rings. The fourth-order valence-electron chi connectivity index (χ4n) is 4.56. The maximum Gasteiger partial charge on any atom is 0.459 e. The van der Waals surface area contributed by atoms with Crippen LogP contribution in [0, 0.1) is 5.41 Å². The van der Waals surface area contributed by atoms with Crippen molar-refractivity contribution in [3.05, 3.63) is 36.7 Å². The molecule has 218 valence electrons. The average molecular weight is 576 g/mol. The molecule has 4 atom stereocenters. The highest BCUT2D eigenvalue weighted by Crippen LogP contribution is 2.49. The molecule has 1 fully saturated rings. The van der Waals surface area contributed by atoms with Crippen molar-refractivity contribution in [3.63, 3.8) is 0 Å². The van der Waals surface area contributed by atoms with Crippen molar-refractivity contribution in [3.8, 4) is 5.75 Å². The molecule has 3 N–H and O–H groups in total. The van der Waals surface area contributed by atoms with Gasteiger partial charge in [0.25, 0.3) is 0 Å². The van der Waals surface area contributed by atoms with Crippen LogP contribution in [0.1, 0.15) is 47.3 Å². The van der Waals surface area contributed by atoms with Gasteiger partial charge in [0.05, 0.1) is 25.1 Å². The fourth-order valence-corrected chi connectivity index (χ4v) is 6.08. The van der Waals surface area contributed by atoms with Crippen LogP contribution in [0.5, 0.6) is 5.75 Å². The Bertz CT molecular complexity index is 1380. The van der Waals surface area contributed by atoms with Crippen molar-refractivity contribution in [1.82, 2.24) is 24.6 Å². The third kappa shape index (κ3) is 6.72. The van der Waals surface area contributed by atoms with E-state index in [0.717, 1.165) is 0 Å². The van der Waals surface area contributed by atoms with Crippen molar-refractivity contribution in [1.29, 1.82) is 0 Å². The lowest BCUT2D eigenvalue weighted by Gasteiger charge is -2.26. The summed E-state index contributed by atoms with van der Waals surface area (Å²) in [5, 5.41) is 2.71. The Hall–Kier alpha value is -3.25. The number of nitrogen functional groups attached to an aromatic ring is 1. The number of fused-ring (bicyclic) bond motifs is 1. The second-order valence-corrected chi connectivity index (χ2v) is 12.7. The smallest absolute Gasteiger partial charge is 0.459 e. The largest absolute Gasteiger partial charge is 0.462 e. The van der Waals surface area contributed by atoms with Gasteiger partial charge in [-0.05, 0) is 39.3 Å². The van der Waals surface area contributed by atoms with Gasteiger partial charge < -0.3 is 24.6 Å². The Labute approximate surface area is 234 Å². The molecule has 3 heterocycles. The lowest BCUT2D eigenvalue weighted by atomic mass is 9.87. The van der Waals surface area contributed by atoms with Crippen molar-refractivity contribution >= 4 is 36.6 Å². The number of carbonyl (C=O) groups is 1. The Kier molecular flexibility index (Phi) is 8.69. The van der Waals surface area contributed by atoms with E-state index in [2.05, 4.69) is 33.9 Å². The molecule has 13 nitrogen and oxygen atoms in total. The van der Waals surface area contributed by atoms with Crippen LogP contribution >= 0.6 is 7.75 Å². The van der Waals surface area contributed by atoms with Gasteiger partial charge in [-0.2, -0.15) is 15.1 Å². The summed E-state index contributed by atoms with van der Waals surface area (Å²) in [6.07, 6.45) is 1.00. The predicted molar refractivity (Wildman–Crippen MR) is 151 cm³/mol. The highest BCUT2D eigenvalue weighted by Gasteiger charge is 2.45. The molecule has 0 bridgehead atoms. The number of nitrogens with two attached hydrogens (primary N) is 1. The molecule has 1 saturated heterocycles. The molecule has 1 aliphatic heterocycles. The fraction of sp³-hybridized carbons (Fsp3) is 0.538. The molecule has 4 rings (SSSR count). The van der Waals surface area contributed by atoms with Crippen LogP contribution in [0.25, 0.3) is 11.2 Å². The van der Waals surface area contributed by atoms with Crippen molar-refractivity contribution in [2.45, 2.75) is 65.5 Å². The minimum Gasteiger partial charge on any atom is -0.462 e. The van der Waals surface area contributed by atoms with Gasteiger partial charge in [-0.25, -0.2) is 9.55 Å². The number of benzene rings is 1. The molecule has 0 aliphatic carbocycles. The number of rotatable bonds is 11. The highest BCUT2D eigenvalue weighted by atomic mass is 31.2. The summed E-state index contributed by atoms with van der Waals surface area (Å²) in [5.74, 6) is 0.488. The van der Waals surface area contributed by atoms with Crippen LogP contribution in [0.2, 0.25) is 0 Å². The van der Waals surface area contributed by atoms with Gasteiger partial charge in [0.15, 0.2) is 17.0 Å². The van der Waals surface area contributed by atoms with Gasteiger partial charge in [-0.3, -0.25) is 13.9 Å². The summed E-state index contributed by atoms with van der Waals surface area (Å²) in [4.78, 5) is 27.5. The SMILES string of the molecule is CC(C)OC(=O)[C@H](C)N[P@](=O)(OC[C@@H]1CC(C)(C)[C@H](n2cnc3c(N(C)C)nc(N)nc32)O1)Oc1ccccc1. The molecule has 0 unspecified atom stereocenters. The number of ether oxygens (including phenoxy) is 2. The number of nitrogens with zero attached hydrogens (tertiary/aromatic N) is 5. The molecule has 40 heavy (non-hydrogen) atoms. The number of nitrogens with one attached hydrogen (secondary N) is 1. The zero-order valence-corrected chi connectivity index (χ0v) is 24.8. The normalized spacial score (nSPS) is 20.8. The standard InChI is InChI=1S/C26H38N7O6P/c1-16(2)37-23(34)17(3)31-40(35,39-18-11-9-8-10-12-18)36-14-19-13-26(4,5)24(38-19)33-15-28-20-21(32(6)7)29-25(27)30-22(20)33/h8-12,15-17,19,24H,13-14H2,1-7H3,(H,31,35)(H2,27,29,30)/t17-,19-,24+,40-/m0/s1. The van der Waals surface area contributed by atoms with Gasteiger partial charge in [-0.15, -0.1) is 0 Å². The second-order valence-electron chi connectivity index (χ2n) is 11.0. The summed E-state index contributed by atoms with van der Waals surface area (Å²) < 4.78 is 39.0. The third-order valence-electron chi connectivity index (χ3n) is 6.30. The highest BCUT2D eigenvalue weighted by molar-refractivity contribution is 7.52. The lowest BCUT2D eigenvalue weighted by molar-refractivity contribution is -0.149. The van der Waals surface area contributed by atoms with E-state index in [1.54, 1.807) is 51.4 Å². The van der Waals surface area contributed by atoms with Gasteiger partial charge >= 0.3 is 13.7 Å². The molecule has 2 aromatic heterocycles. The topological polar surface area (TPSA) is 156 Å². The second kappa shape index (κ2) is 11.7. The van der Waals surface area contributed by atoms with Gasteiger partial charge in [0, 0.05) is 19.5 Å². The minimum atomic E-state index is -4.02.